The van der Waals surface area contributed by atoms with Crippen molar-refractivity contribution >= 4 is 17.9 Å². The first-order valence-electron chi connectivity index (χ1n) is 8.48. The summed E-state index contributed by atoms with van der Waals surface area (Å²) in [5, 5.41) is 21.3. The average Bonchev–Trinajstić information content (AvgIpc) is 2.71. The van der Waals surface area contributed by atoms with E-state index in [1.54, 1.807) is 24.7 Å². The fourth-order valence-corrected chi connectivity index (χ4v) is 2.12. The van der Waals surface area contributed by atoms with Crippen molar-refractivity contribution in [3.8, 4) is 11.6 Å². The summed E-state index contributed by atoms with van der Waals surface area (Å²) in [7, 11) is 0. The van der Waals surface area contributed by atoms with Gasteiger partial charge in [0.05, 0.1) is 0 Å². The van der Waals surface area contributed by atoms with E-state index < -0.39 is 11.9 Å². The van der Waals surface area contributed by atoms with Gasteiger partial charge >= 0.3 is 11.9 Å². The molecule has 1 aliphatic rings. The molecular formula is C17H21N5O6. The smallest absolute Gasteiger partial charge is 0.414 e. The highest BCUT2D eigenvalue weighted by Gasteiger charge is 2.21. The van der Waals surface area contributed by atoms with Crippen LogP contribution in [0.15, 0.2) is 36.8 Å². The number of hydrogen-bond donors (Lipinski definition) is 4. The molecule has 0 saturated carbocycles. The first kappa shape index (κ1) is 20.8. The monoisotopic (exact) mass is 391 g/mol. The summed E-state index contributed by atoms with van der Waals surface area (Å²) >= 11 is 0. The van der Waals surface area contributed by atoms with Gasteiger partial charge in [0, 0.05) is 31.7 Å². The minimum atomic E-state index is -1.82. The van der Waals surface area contributed by atoms with Crippen molar-refractivity contribution in [3.05, 3.63) is 36.8 Å². The Bertz CT molecular complexity index is 749. The van der Waals surface area contributed by atoms with Crippen LogP contribution in [0.1, 0.15) is 6.42 Å². The Morgan fingerprint density at radius 1 is 1.07 bits per heavy atom. The number of carbonyl (C=O) groups is 2. The molecule has 0 radical (unpaired) electrons. The van der Waals surface area contributed by atoms with Crippen LogP contribution in [0.2, 0.25) is 0 Å². The fourth-order valence-electron chi connectivity index (χ4n) is 2.12. The molecular weight excluding hydrogens is 370 g/mol. The molecule has 4 N–H and O–H groups in total. The van der Waals surface area contributed by atoms with Crippen molar-refractivity contribution in [3.63, 3.8) is 0 Å². The molecule has 1 atom stereocenters. The summed E-state index contributed by atoms with van der Waals surface area (Å²) in [5.74, 6) is -1.70. The molecule has 150 valence electrons. The second kappa shape index (κ2) is 11.3. The number of aliphatic carboxylic acids is 2. The summed E-state index contributed by atoms with van der Waals surface area (Å²) < 4.78 is 11.4. The van der Waals surface area contributed by atoms with E-state index in [9.17, 15) is 0 Å². The Kier molecular flexibility index (Phi) is 8.40. The quantitative estimate of drug-likeness (QED) is 0.379. The predicted molar refractivity (Wildman–Crippen MR) is 97.4 cm³/mol. The average molecular weight is 391 g/mol. The van der Waals surface area contributed by atoms with E-state index in [1.807, 2.05) is 12.1 Å². The summed E-state index contributed by atoms with van der Waals surface area (Å²) in [6, 6.07) is 5.50. The predicted octanol–water partition coefficient (Wildman–Crippen LogP) is 0.259. The van der Waals surface area contributed by atoms with Gasteiger partial charge in [-0.05, 0) is 31.2 Å². The number of carboxylic acid groups (broad SMARTS) is 2. The largest absolute Gasteiger partial charge is 0.484 e. The lowest BCUT2D eigenvalue weighted by atomic mass is 10.3. The van der Waals surface area contributed by atoms with E-state index in [0.29, 0.717) is 24.2 Å². The molecule has 0 fully saturated rings. The lowest BCUT2D eigenvalue weighted by Crippen LogP contribution is -2.39. The maximum atomic E-state index is 9.10. The molecule has 1 unspecified atom stereocenters. The van der Waals surface area contributed by atoms with Crippen LogP contribution < -0.4 is 20.1 Å². The van der Waals surface area contributed by atoms with E-state index in [4.69, 9.17) is 29.3 Å². The number of pyridine rings is 1. The lowest BCUT2D eigenvalue weighted by Gasteiger charge is -2.25. The van der Waals surface area contributed by atoms with Crippen LogP contribution in [0.4, 0.5) is 5.95 Å². The number of rotatable bonds is 7. The highest BCUT2D eigenvalue weighted by atomic mass is 16.6. The molecule has 3 rings (SSSR count). The van der Waals surface area contributed by atoms with Crippen LogP contribution in [0, 0.1) is 0 Å². The zero-order valence-corrected chi connectivity index (χ0v) is 14.9. The minimum Gasteiger partial charge on any atom is -0.484 e. The normalized spacial score (nSPS) is 14.4. The van der Waals surface area contributed by atoms with Crippen molar-refractivity contribution < 1.29 is 29.3 Å². The van der Waals surface area contributed by atoms with Crippen LogP contribution in [-0.2, 0) is 9.59 Å². The van der Waals surface area contributed by atoms with E-state index in [-0.39, 0.29) is 6.10 Å². The SMILES string of the molecule is O=C(O)C(=O)O.c1cnc(NCCCNCC2COc3cccnc3O2)nc1. The number of nitrogens with one attached hydrogen (secondary N) is 2. The van der Waals surface area contributed by atoms with Crippen LogP contribution in [0.25, 0.3) is 0 Å². The second-order valence-electron chi connectivity index (χ2n) is 5.52. The van der Waals surface area contributed by atoms with Crippen molar-refractivity contribution in [1.29, 1.82) is 0 Å². The Balaban J connectivity index is 0.000000409. The van der Waals surface area contributed by atoms with Gasteiger partial charge in [-0.25, -0.2) is 24.5 Å². The third-order valence-electron chi connectivity index (χ3n) is 3.37. The molecule has 0 bridgehead atoms. The molecule has 3 heterocycles. The molecule has 0 saturated heterocycles. The van der Waals surface area contributed by atoms with Gasteiger partial charge in [-0.3, -0.25) is 0 Å². The fraction of sp³-hybridized carbons (Fsp3) is 0.353. The summed E-state index contributed by atoms with van der Waals surface area (Å²) in [6.07, 6.45) is 6.11. The van der Waals surface area contributed by atoms with Crippen LogP contribution in [-0.4, -0.2) is 69.4 Å². The van der Waals surface area contributed by atoms with Crippen LogP contribution >= 0.6 is 0 Å². The first-order valence-corrected chi connectivity index (χ1v) is 8.48. The number of anilines is 1. The van der Waals surface area contributed by atoms with Gasteiger partial charge in [0.25, 0.3) is 5.88 Å². The molecule has 1 aliphatic heterocycles. The van der Waals surface area contributed by atoms with E-state index in [0.717, 1.165) is 26.1 Å². The molecule has 2 aromatic heterocycles. The molecule has 11 heteroatoms. The Morgan fingerprint density at radius 3 is 2.50 bits per heavy atom. The molecule has 28 heavy (non-hydrogen) atoms. The third-order valence-corrected chi connectivity index (χ3v) is 3.37. The van der Waals surface area contributed by atoms with Crippen LogP contribution in [0.3, 0.4) is 0 Å². The molecule has 0 aromatic carbocycles. The zero-order valence-electron chi connectivity index (χ0n) is 14.9. The Labute approximate surface area is 160 Å². The number of carboxylic acids is 2. The number of aromatic nitrogens is 3. The van der Waals surface area contributed by atoms with E-state index in [2.05, 4.69) is 25.6 Å². The Hall–Kier alpha value is -3.47. The highest BCUT2D eigenvalue weighted by Crippen LogP contribution is 2.27. The third kappa shape index (κ3) is 7.41. The lowest BCUT2D eigenvalue weighted by molar-refractivity contribution is -0.159. The maximum Gasteiger partial charge on any atom is 0.414 e. The summed E-state index contributed by atoms with van der Waals surface area (Å²) in [6.45, 7) is 2.98. The molecule has 11 nitrogen and oxygen atoms in total. The van der Waals surface area contributed by atoms with Gasteiger partial charge in [0.2, 0.25) is 5.95 Å². The van der Waals surface area contributed by atoms with Gasteiger partial charge in [-0.15, -0.1) is 0 Å². The standard InChI is InChI=1S/C15H19N5O2.C2H2O4/c1-4-13-14(17-6-1)22-12(11-21-13)10-16-5-2-7-18-15-19-8-3-9-20-15;3-1(4)2(5)6/h1,3-4,6,8-9,12,16H,2,5,7,10-11H2,(H,18,19,20);(H,3,4)(H,5,6). The highest BCUT2D eigenvalue weighted by molar-refractivity contribution is 6.27. The van der Waals surface area contributed by atoms with E-state index >= 15 is 0 Å². The van der Waals surface area contributed by atoms with Crippen molar-refractivity contribution in [2.45, 2.75) is 12.5 Å². The van der Waals surface area contributed by atoms with Gasteiger partial charge < -0.3 is 30.3 Å². The number of ether oxygens (including phenoxy) is 2. The Morgan fingerprint density at radius 2 is 1.79 bits per heavy atom. The minimum absolute atomic E-state index is 0.00665. The molecule has 0 spiro atoms. The molecule has 0 amide bonds. The number of fused-ring (bicyclic) bond motifs is 1. The zero-order chi connectivity index (χ0) is 20.2. The van der Waals surface area contributed by atoms with Gasteiger partial charge in [0.15, 0.2) is 5.75 Å². The molecule has 0 aliphatic carbocycles. The van der Waals surface area contributed by atoms with Crippen molar-refractivity contribution in [2.75, 3.05) is 31.6 Å². The van der Waals surface area contributed by atoms with Crippen LogP contribution in [0.5, 0.6) is 11.6 Å². The first-order chi connectivity index (χ1) is 13.6. The van der Waals surface area contributed by atoms with Gasteiger partial charge in [0.1, 0.15) is 12.7 Å². The van der Waals surface area contributed by atoms with E-state index in [1.165, 1.54) is 0 Å². The van der Waals surface area contributed by atoms with Gasteiger partial charge in [-0.1, -0.05) is 0 Å². The van der Waals surface area contributed by atoms with Gasteiger partial charge in [-0.2, -0.15) is 0 Å². The maximum absolute atomic E-state index is 9.10. The van der Waals surface area contributed by atoms with Crippen molar-refractivity contribution in [1.82, 2.24) is 20.3 Å². The summed E-state index contributed by atoms with van der Waals surface area (Å²) in [4.78, 5) is 30.6. The topological polar surface area (TPSA) is 156 Å². The molecule has 2 aromatic rings. The summed E-state index contributed by atoms with van der Waals surface area (Å²) in [5.41, 5.74) is 0. The van der Waals surface area contributed by atoms with Crippen molar-refractivity contribution in [2.24, 2.45) is 0 Å². The number of nitrogens with zero attached hydrogens (tertiary/aromatic N) is 3. The second-order valence-corrected chi connectivity index (χ2v) is 5.52. The number of hydrogen-bond acceptors (Lipinski definition) is 9.